The molecule has 2 rings (SSSR count). The zero-order valence-electron chi connectivity index (χ0n) is 12.7. The highest BCUT2D eigenvalue weighted by molar-refractivity contribution is 5.31. The third kappa shape index (κ3) is 3.58. The molecule has 1 aromatic rings. The fourth-order valence-corrected chi connectivity index (χ4v) is 2.91. The van der Waals surface area contributed by atoms with Crippen molar-refractivity contribution in [2.75, 3.05) is 13.1 Å². The van der Waals surface area contributed by atoms with E-state index in [1.807, 2.05) is 0 Å². The van der Waals surface area contributed by atoms with Crippen molar-refractivity contribution in [1.82, 2.24) is 4.90 Å². The van der Waals surface area contributed by atoms with Crippen LogP contribution >= 0.6 is 0 Å². The molecule has 0 bridgehead atoms. The van der Waals surface area contributed by atoms with Gasteiger partial charge in [-0.2, -0.15) is 0 Å². The maximum atomic E-state index is 5.69. The summed E-state index contributed by atoms with van der Waals surface area (Å²) in [5, 5.41) is 0. The minimum Gasteiger partial charge on any atom is -0.326 e. The molecule has 19 heavy (non-hydrogen) atoms. The van der Waals surface area contributed by atoms with Gasteiger partial charge in [0.25, 0.3) is 0 Å². The van der Waals surface area contributed by atoms with E-state index in [1.165, 1.54) is 49.0 Å². The van der Waals surface area contributed by atoms with Gasteiger partial charge in [0, 0.05) is 13.1 Å². The molecule has 0 aliphatic carbocycles. The van der Waals surface area contributed by atoms with Crippen molar-refractivity contribution in [3.63, 3.8) is 0 Å². The van der Waals surface area contributed by atoms with Crippen LogP contribution in [-0.4, -0.2) is 18.0 Å². The average molecular weight is 260 g/mol. The predicted octanol–water partition coefficient (Wildman–Crippen LogP) is 3.47. The number of likely N-dealkylation sites (tertiary alicyclic amines) is 1. The van der Waals surface area contributed by atoms with Crippen LogP contribution in [0.4, 0.5) is 0 Å². The minimum absolute atomic E-state index is 0.578. The van der Waals surface area contributed by atoms with Gasteiger partial charge in [0.15, 0.2) is 0 Å². The normalized spacial score (nSPS) is 19.6. The molecule has 1 aromatic carbocycles. The lowest BCUT2D eigenvalue weighted by Crippen LogP contribution is -2.38. The Balaban J connectivity index is 1.96. The van der Waals surface area contributed by atoms with E-state index in [1.54, 1.807) is 0 Å². The van der Waals surface area contributed by atoms with Gasteiger partial charge in [0.1, 0.15) is 0 Å². The van der Waals surface area contributed by atoms with E-state index in [4.69, 9.17) is 5.73 Å². The van der Waals surface area contributed by atoms with E-state index < -0.39 is 0 Å². The minimum atomic E-state index is 0.578. The predicted molar refractivity (Wildman–Crippen MR) is 82.0 cm³/mol. The van der Waals surface area contributed by atoms with E-state index in [0.29, 0.717) is 12.0 Å². The second-order valence-corrected chi connectivity index (χ2v) is 6.41. The van der Waals surface area contributed by atoms with Gasteiger partial charge in [-0.25, -0.2) is 0 Å². The molecule has 0 unspecified atom stereocenters. The van der Waals surface area contributed by atoms with Crippen molar-refractivity contribution in [1.29, 1.82) is 0 Å². The second-order valence-electron chi connectivity index (χ2n) is 6.41. The number of nitrogens with two attached hydrogens (primary N) is 1. The molecule has 0 saturated carbocycles. The van der Waals surface area contributed by atoms with Gasteiger partial charge in [-0.1, -0.05) is 38.5 Å². The van der Waals surface area contributed by atoms with Crippen LogP contribution in [0.3, 0.4) is 0 Å². The van der Waals surface area contributed by atoms with Crippen LogP contribution in [0.5, 0.6) is 0 Å². The van der Waals surface area contributed by atoms with Crippen molar-refractivity contribution in [3.05, 3.63) is 34.9 Å². The van der Waals surface area contributed by atoms with Gasteiger partial charge in [-0.05, 0) is 55.0 Å². The summed E-state index contributed by atoms with van der Waals surface area (Å²) in [7, 11) is 0. The van der Waals surface area contributed by atoms with Crippen LogP contribution in [0, 0.1) is 12.3 Å². The highest BCUT2D eigenvalue weighted by atomic mass is 15.1. The maximum absolute atomic E-state index is 5.69. The zero-order valence-corrected chi connectivity index (χ0v) is 12.7. The largest absolute Gasteiger partial charge is 0.326 e. The molecule has 0 atom stereocenters. The molecule has 2 heteroatoms. The summed E-state index contributed by atoms with van der Waals surface area (Å²) >= 11 is 0. The van der Waals surface area contributed by atoms with Crippen LogP contribution in [-0.2, 0) is 13.1 Å². The van der Waals surface area contributed by atoms with Gasteiger partial charge in [-0.3, -0.25) is 4.90 Å². The monoisotopic (exact) mass is 260 g/mol. The lowest BCUT2D eigenvalue weighted by Gasteiger charge is -2.39. The van der Waals surface area contributed by atoms with Crippen LogP contribution < -0.4 is 5.73 Å². The van der Waals surface area contributed by atoms with Crippen molar-refractivity contribution >= 4 is 0 Å². The summed E-state index contributed by atoms with van der Waals surface area (Å²) in [5.41, 5.74) is 10.3. The smallest absolute Gasteiger partial charge is 0.0236 e. The van der Waals surface area contributed by atoms with E-state index in [-0.39, 0.29) is 0 Å². The molecule has 106 valence electrons. The lowest BCUT2D eigenvalue weighted by molar-refractivity contribution is 0.109. The van der Waals surface area contributed by atoms with E-state index in [0.717, 1.165) is 6.54 Å². The first kappa shape index (κ1) is 14.5. The first-order valence-corrected chi connectivity index (χ1v) is 7.57. The van der Waals surface area contributed by atoms with Crippen LogP contribution in [0.1, 0.15) is 49.8 Å². The Kier molecular flexibility index (Phi) is 4.64. The highest BCUT2D eigenvalue weighted by Crippen LogP contribution is 2.34. The number of benzene rings is 1. The molecule has 0 radical (unpaired) electrons. The molecule has 0 aromatic heterocycles. The summed E-state index contributed by atoms with van der Waals surface area (Å²) in [4.78, 5) is 2.60. The van der Waals surface area contributed by atoms with Crippen molar-refractivity contribution in [3.8, 4) is 0 Å². The molecular weight excluding hydrogens is 232 g/mol. The van der Waals surface area contributed by atoms with Crippen molar-refractivity contribution in [2.24, 2.45) is 11.1 Å². The number of hydrogen-bond acceptors (Lipinski definition) is 2. The summed E-state index contributed by atoms with van der Waals surface area (Å²) in [6.45, 7) is 11.2. The molecule has 1 heterocycles. The van der Waals surface area contributed by atoms with Crippen molar-refractivity contribution in [2.45, 2.75) is 53.1 Å². The van der Waals surface area contributed by atoms with E-state index in [9.17, 15) is 0 Å². The Hall–Kier alpha value is -0.860. The van der Waals surface area contributed by atoms with E-state index in [2.05, 4.69) is 43.9 Å². The molecule has 0 spiro atoms. The Bertz CT molecular complexity index is 417. The quantitative estimate of drug-likeness (QED) is 0.898. The maximum Gasteiger partial charge on any atom is 0.0236 e. The van der Waals surface area contributed by atoms with Gasteiger partial charge in [-0.15, -0.1) is 0 Å². The molecule has 1 saturated heterocycles. The van der Waals surface area contributed by atoms with Gasteiger partial charge < -0.3 is 5.73 Å². The second kappa shape index (κ2) is 6.06. The standard InChI is InChI=1S/C17H28N2/c1-4-17(3)7-9-19(10-8-17)13-16-6-5-15(12-18)11-14(16)2/h5-6,11H,4,7-10,12-13,18H2,1-3H3. The summed E-state index contributed by atoms with van der Waals surface area (Å²) in [5.74, 6) is 0. The molecule has 1 fully saturated rings. The van der Waals surface area contributed by atoms with Gasteiger partial charge >= 0.3 is 0 Å². The Morgan fingerprint density at radius 1 is 1.26 bits per heavy atom. The average Bonchev–Trinajstić information content (AvgIpc) is 2.43. The van der Waals surface area contributed by atoms with Crippen LogP contribution in [0.2, 0.25) is 0 Å². The fraction of sp³-hybridized carbons (Fsp3) is 0.647. The number of nitrogens with zero attached hydrogens (tertiary/aromatic N) is 1. The third-order valence-electron chi connectivity index (χ3n) is 4.95. The fourth-order valence-electron chi connectivity index (χ4n) is 2.91. The summed E-state index contributed by atoms with van der Waals surface area (Å²) < 4.78 is 0. The van der Waals surface area contributed by atoms with Crippen LogP contribution in [0.15, 0.2) is 18.2 Å². The topological polar surface area (TPSA) is 29.3 Å². The summed E-state index contributed by atoms with van der Waals surface area (Å²) in [6, 6.07) is 6.66. The number of hydrogen-bond donors (Lipinski definition) is 1. The molecule has 1 aliphatic heterocycles. The number of piperidine rings is 1. The van der Waals surface area contributed by atoms with Gasteiger partial charge in [0.2, 0.25) is 0 Å². The van der Waals surface area contributed by atoms with Crippen molar-refractivity contribution < 1.29 is 0 Å². The zero-order chi connectivity index (χ0) is 13.9. The first-order chi connectivity index (χ1) is 9.06. The number of rotatable bonds is 4. The van der Waals surface area contributed by atoms with Crippen LogP contribution in [0.25, 0.3) is 0 Å². The number of aryl methyl sites for hydroxylation is 1. The highest BCUT2D eigenvalue weighted by Gasteiger charge is 2.28. The van der Waals surface area contributed by atoms with E-state index >= 15 is 0 Å². The molecule has 1 aliphatic rings. The summed E-state index contributed by atoms with van der Waals surface area (Å²) in [6.07, 6.45) is 3.98. The molecular formula is C17H28N2. The SMILES string of the molecule is CCC1(C)CCN(Cc2ccc(CN)cc2C)CC1. The molecule has 0 amide bonds. The molecule has 2 nitrogen and oxygen atoms in total. The lowest BCUT2D eigenvalue weighted by atomic mass is 9.78. The molecule has 2 N–H and O–H groups in total. The first-order valence-electron chi connectivity index (χ1n) is 7.57. The Morgan fingerprint density at radius 3 is 2.47 bits per heavy atom. The van der Waals surface area contributed by atoms with Gasteiger partial charge in [0.05, 0.1) is 0 Å². The Labute approximate surface area is 118 Å². The third-order valence-corrected chi connectivity index (χ3v) is 4.95. The Morgan fingerprint density at radius 2 is 1.95 bits per heavy atom.